The number of thiazole rings is 1. The number of likely N-dealkylation sites (tertiary alicyclic amines) is 1. The van der Waals surface area contributed by atoms with Gasteiger partial charge in [0, 0.05) is 63.2 Å². The molecule has 3 aromatic heterocycles. The second-order valence-electron chi connectivity index (χ2n) is 12.0. The fourth-order valence-electron chi connectivity index (χ4n) is 6.28. The molecule has 0 saturated carbocycles. The minimum Gasteiger partial charge on any atom is -0.385 e. The molecule has 0 atom stereocenters. The number of rotatable bonds is 13. The Hall–Kier alpha value is -4.28. The Morgan fingerprint density at radius 3 is 2.74 bits per heavy atom. The van der Waals surface area contributed by atoms with Gasteiger partial charge in [-0.15, -0.1) is 11.3 Å². The third-order valence-corrected chi connectivity index (χ3v) is 9.67. The van der Waals surface area contributed by atoms with Gasteiger partial charge in [0.05, 0.1) is 23.6 Å². The number of piperidine rings is 1. The number of carbonyl (C=O) groups is 2. The van der Waals surface area contributed by atoms with Gasteiger partial charge in [0.1, 0.15) is 11.4 Å². The maximum Gasteiger partial charge on any atom is 0.273 e. The molecule has 1 aliphatic heterocycles. The van der Waals surface area contributed by atoms with E-state index in [1.807, 2.05) is 45.6 Å². The van der Waals surface area contributed by atoms with Gasteiger partial charge in [-0.3, -0.25) is 9.59 Å². The van der Waals surface area contributed by atoms with Crippen LogP contribution in [0.25, 0.3) is 21.9 Å². The Morgan fingerprint density at radius 2 is 1.91 bits per heavy atom. The molecule has 0 spiro atoms. The number of ether oxygens (including phenoxy) is 1. The van der Waals surface area contributed by atoms with Crippen molar-refractivity contribution in [3.05, 3.63) is 94.7 Å². The quantitative estimate of drug-likeness (QED) is 0.153. The van der Waals surface area contributed by atoms with Gasteiger partial charge in [0.2, 0.25) is 0 Å². The summed E-state index contributed by atoms with van der Waals surface area (Å²) in [5, 5.41) is 8.32. The van der Waals surface area contributed by atoms with Crippen LogP contribution >= 0.6 is 11.3 Å². The summed E-state index contributed by atoms with van der Waals surface area (Å²) in [5.41, 5.74) is 4.34. The first-order valence-electron chi connectivity index (χ1n) is 16.2. The molecule has 0 radical (unpaired) electrons. The lowest BCUT2D eigenvalue weighted by atomic mass is 9.96. The van der Waals surface area contributed by atoms with Crippen molar-refractivity contribution in [2.24, 2.45) is 5.92 Å². The van der Waals surface area contributed by atoms with Gasteiger partial charge >= 0.3 is 0 Å². The van der Waals surface area contributed by atoms with Crippen LogP contribution in [-0.4, -0.2) is 69.2 Å². The summed E-state index contributed by atoms with van der Waals surface area (Å²) in [6, 6.07) is 16.6. The Balaban J connectivity index is 1.16. The number of benzene rings is 2. The lowest BCUT2D eigenvalue weighted by molar-refractivity contribution is 0.0677. The average molecular weight is 639 g/mol. The zero-order chi connectivity index (χ0) is 31.9. The van der Waals surface area contributed by atoms with Crippen molar-refractivity contribution < 1.29 is 14.3 Å². The second-order valence-corrected chi connectivity index (χ2v) is 13.0. The predicted molar refractivity (Wildman–Crippen MR) is 182 cm³/mol. The number of nitrogens with one attached hydrogen (secondary N) is 1. The molecular weight excluding hydrogens is 597 g/mol. The second kappa shape index (κ2) is 14.9. The molecule has 4 heterocycles. The van der Waals surface area contributed by atoms with E-state index >= 15 is 0 Å². The molecule has 10 heteroatoms. The fraction of sp³-hybridized carbons (Fsp3) is 0.389. The number of nitrogens with zero attached hydrogens (tertiary/aromatic N) is 5. The molecule has 240 valence electrons. The lowest BCUT2D eigenvalue weighted by Gasteiger charge is -2.32. The van der Waals surface area contributed by atoms with Crippen LogP contribution in [0.5, 0.6) is 0 Å². The minimum atomic E-state index is -0.104. The van der Waals surface area contributed by atoms with Gasteiger partial charge in [0.25, 0.3) is 11.8 Å². The van der Waals surface area contributed by atoms with E-state index in [9.17, 15) is 9.59 Å². The molecule has 0 unspecified atom stereocenters. The monoisotopic (exact) mass is 638 g/mol. The number of aromatic nitrogens is 4. The summed E-state index contributed by atoms with van der Waals surface area (Å²) >= 11 is 1.58. The van der Waals surface area contributed by atoms with Crippen LogP contribution in [0.4, 0.5) is 0 Å². The zero-order valence-corrected chi connectivity index (χ0v) is 27.5. The first kappa shape index (κ1) is 31.7. The fourth-order valence-corrected chi connectivity index (χ4v) is 7.15. The van der Waals surface area contributed by atoms with E-state index in [2.05, 4.69) is 63.3 Å². The van der Waals surface area contributed by atoms with Crippen LogP contribution in [0.1, 0.15) is 64.3 Å². The van der Waals surface area contributed by atoms with E-state index in [1.54, 1.807) is 18.4 Å². The van der Waals surface area contributed by atoms with Crippen LogP contribution < -0.4 is 5.32 Å². The van der Waals surface area contributed by atoms with Gasteiger partial charge in [-0.05, 0) is 60.4 Å². The third-order valence-electron chi connectivity index (χ3n) is 8.76. The lowest BCUT2D eigenvalue weighted by Crippen LogP contribution is -2.39. The number of methoxy groups -OCH3 is 1. The molecule has 9 nitrogen and oxygen atoms in total. The summed E-state index contributed by atoms with van der Waals surface area (Å²) in [6.45, 7) is 6.07. The summed E-state index contributed by atoms with van der Waals surface area (Å²) in [7, 11) is 1.67. The first-order chi connectivity index (χ1) is 22.5. The summed E-state index contributed by atoms with van der Waals surface area (Å²) < 4.78 is 9.41. The van der Waals surface area contributed by atoms with Crippen molar-refractivity contribution in [3.8, 4) is 11.1 Å². The average Bonchev–Trinajstić information content (AvgIpc) is 3.84. The molecule has 0 aliphatic carbocycles. The van der Waals surface area contributed by atoms with E-state index in [0.717, 1.165) is 84.3 Å². The van der Waals surface area contributed by atoms with Crippen molar-refractivity contribution in [1.29, 1.82) is 0 Å². The van der Waals surface area contributed by atoms with E-state index in [0.29, 0.717) is 37.0 Å². The molecule has 5 aromatic rings. The minimum absolute atomic E-state index is 0.0444. The smallest absolute Gasteiger partial charge is 0.273 e. The highest BCUT2D eigenvalue weighted by atomic mass is 32.1. The van der Waals surface area contributed by atoms with Gasteiger partial charge in [-0.1, -0.05) is 49.4 Å². The number of fused-ring (bicyclic) bond motifs is 1. The highest BCUT2D eigenvalue weighted by Crippen LogP contribution is 2.31. The van der Waals surface area contributed by atoms with Crippen LogP contribution in [-0.2, 0) is 24.2 Å². The highest BCUT2D eigenvalue weighted by molar-refractivity contribution is 7.09. The summed E-state index contributed by atoms with van der Waals surface area (Å²) in [4.78, 5) is 37.5. The molecule has 1 saturated heterocycles. The standard InChI is InChI=1S/C36H42N6O3S/c1-3-8-34-39-32(24-46-34)36(44)40-16-13-26(14-17-40)21-42-25-37-20-29(42)23-41-22-28(19-33(41)35(43)38-15-7-18-45-2)31-12-6-10-27-9-4-5-11-30(27)31/h4-6,9-12,19-20,22,24-26H,3,7-8,13-18,21,23H2,1-2H3,(H,38,43). The number of amides is 2. The van der Waals surface area contributed by atoms with E-state index in [1.165, 1.54) is 0 Å². The van der Waals surface area contributed by atoms with Crippen molar-refractivity contribution in [2.45, 2.75) is 52.1 Å². The van der Waals surface area contributed by atoms with Gasteiger partial charge in [0.15, 0.2) is 0 Å². The first-order valence-corrected chi connectivity index (χ1v) is 17.1. The summed E-state index contributed by atoms with van der Waals surface area (Å²) in [6.07, 6.45) is 10.4. The van der Waals surface area contributed by atoms with Crippen molar-refractivity contribution >= 4 is 33.9 Å². The maximum atomic E-state index is 13.5. The van der Waals surface area contributed by atoms with Crippen LogP contribution in [0.3, 0.4) is 0 Å². The summed E-state index contributed by atoms with van der Waals surface area (Å²) in [5.74, 6) is 0.373. The number of imidazole rings is 1. The van der Waals surface area contributed by atoms with E-state index in [4.69, 9.17) is 4.74 Å². The third kappa shape index (κ3) is 7.24. The van der Waals surface area contributed by atoms with Gasteiger partial charge in [-0.2, -0.15) is 0 Å². The molecule has 2 aromatic carbocycles. The molecular formula is C36H42N6O3S. The van der Waals surface area contributed by atoms with Crippen molar-refractivity contribution in [3.63, 3.8) is 0 Å². The van der Waals surface area contributed by atoms with Crippen LogP contribution in [0.2, 0.25) is 0 Å². The number of hydrogen-bond acceptors (Lipinski definition) is 6. The van der Waals surface area contributed by atoms with Crippen molar-refractivity contribution in [2.75, 3.05) is 33.4 Å². The van der Waals surface area contributed by atoms with Gasteiger partial charge in [-0.25, -0.2) is 9.97 Å². The Labute approximate surface area is 274 Å². The normalized spacial score (nSPS) is 13.8. The molecule has 1 N–H and O–H groups in total. The predicted octanol–water partition coefficient (Wildman–Crippen LogP) is 6.28. The molecule has 2 amide bonds. The van der Waals surface area contributed by atoms with E-state index < -0.39 is 0 Å². The largest absolute Gasteiger partial charge is 0.385 e. The SMILES string of the molecule is CCCc1nc(C(=O)N2CCC(Cn3cncc3Cn3cc(-c4cccc5ccccc45)cc3C(=O)NCCCOC)CC2)cs1. The molecule has 6 rings (SSSR count). The Kier molecular flexibility index (Phi) is 10.2. The topological polar surface area (TPSA) is 94.3 Å². The van der Waals surface area contributed by atoms with Crippen molar-refractivity contribution in [1.82, 2.24) is 29.3 Å². The zero-order valence-electron chi connectivity index (χ0n) is 26.7. The van der Waals surface area contributed by atoms with Crippen LogP contribution in [0, 0.1) is 5.92 Å². The van der Waals surface area contributed by atoms with E-state index in [-0.39, 0.29) is 11.8 Å². The molecule has 0 bridgehead atoms. The van der Waals surface area contributed by atoms with Crippen LogP contribution in [0.15, 0.2) is 72.6 Å². The maximum absolute atomic E-state index is 13.5. The Bertz CT molecular complexity index is 1780. The number of carbonyl (C=O) groups excluding carboxylic acids is 2. The number of aryl methyl sites for hydroxylation is 1. The van der Waals surface area contributed by atoms with Gasteiger partial charge < -0.3 is 24.1 Å². The molecule has 1 fully saturated rings. The highest BCUT2D eigenvalue weighted by Gasteiger charge is 2.26. The molecule has 1 aliphatic rings. The molecule has 46 heavy (non-hydrogen) atoms. The number of hydrogen-bond donors (Lipinski definition) is 1. The Morgan fingerprint density at radius 1 is 1.09 bits per heavy atom.